The second-order valence-electron chi connectivity index (χ2n) is 6.18. The van der Waals surface area contributed by atoms with Crippen LogP contribution < -0.4 is 5.73 Å². The lowest BCUT2D eigenvalue weighted by Crippen LogP contribution is -1.97. The number of hydrogen-bond acceptors (Lipinski definition) is 5. The summed E-state index contributed by atoms with van der Waals surface area (Å²) in [7, 11) is 0. The van der Waals surface area contributed by atoms with Crippen molar-refractivity contribution in [3.8, 4) is 16.8 Å². The van der Waals surface area contributed by atoms with Crippen LogP contribution in [-0.2, 0) is 5.75 Å². The highest BCUT2D eigenvalue weighted by atomic mass is 32.2. The van der Waals surface area contributed by atoms with Crippen molar-refractivity contribution in [3.05, 3.63) is 72.7 Å². The molecule has 0 aliphatic carbocycles. The van der Waals surface area contributed by atoms with Gasteiger partial charge in [-0.25, -0.2) is 9.97 Å². The van der Waals surface area contributed by atoms with Gasteiger partial charge < -0.3 is 15.4 Å². The van der Waals surface area contributed by atoms with Crippen LogP contribution in [-0.4, -0.2) is 32.0 Å². The largest absolute Gasteiger partial charge is 0.396 e. The first-order valence-electron chi connectivity index (χ1n) is 8.73. The Bertz CT molecular complexity index is 1050. The quantitative estimate of drug-likeness (QED) is 0.499. The van der Waals surface area contributed by atoms with Crippen LogP contribution in [0.2, 0.25) is 0 Å². The summed E-state index contributed by atoms with van der Waals surface area (Å²) in [5.74, 6) is 2.12. The molecule has 136 valence electrons. The van der Waals surface area contributed by atoms with E-state index in [9.17, 15) is 0 Å². The molecule has 2 aromatic heterocycles. The Morgan fingerprint density at radius 3 is 2.52 bits per heavy atom. The van der Waals surface area contributed by atoms with Gasteiger partial charge in [-0.3, -0.25) is 0 Å². The fourth-order valence-electron chi connectivity index (χ4n) is 3.13. The van der Waals surface area contributed by atoms with E-state index in [0.717, 1.165) is 39.4 Å². The zero-order valence-corrected chi connectivity index (χ0v) is 15.6. The Kier molecular flexibility index (Phi) is 5.09. The maximum absolute atomic E-state index is 8.91. The summed E-state index contributed by atoms with van der Waals surface area (Å²) in [5, 5.41) is 9.78. The lowest BCUT2D eigenvalue weighted by molar-refractivity contribution is 0.322. The highest BCUT2D eigenvalue weighted by Crippen LogP contribution is 2.34. The Balaban J connectivity index is 1.77. The number of nitrogens with two attached hydrogens (primary N) is 1. The molecule has 5 nitrogen and oxygen atoms in total. The van der Waals surface area contributed by atoms with Gasteiger partial charge in [0.05, 0.1) is 12.0 Å². The number of fused-ring (bicyclic) bond motifs is 1. The van der Waals surface area contributed by atoms with Crippen molar-refractivity contribution in [2.75, 3.05) is 18.1 Å². The summed E-state index contributed by atoms with van der Waals surface area (Å²) in [5.41, 5.74) is 11.3. The summed E-state index contributed by atoms with van der Waals surface area (Å²) in [4.78, 5) is 8.67. The fraction of sp³-hybridized carbons (Fsp3) is 0.143. The van der Waals surface area contributed by atoms with Crippen LogP contribution in [0.25, 0.3) is 27.8 Å². The Hall–Kier alpha value is -2.83. The molecule has 3 N–H and O–H groups in total. The topological polar surface area (TPSA) is 77.0 Å². The predicted molar refractivity (Wildman–Crippen MR) is 112 cm³/mol. The Morgan fingerprint density at radius 2 is 1.78 bits per heavy atom. The molecule has 0 fully saturated rings. The molecule has 0 amide bonds. The van der Waals surface area contributed by atoms with Crippen molar-refractivity contribution in [1.29, 1.82) is 0 Å². The van der Waals surface area contributed by atoms with Crippen LogP contribution in [0.4, 0.5) is 5.82 Å². The maximum atomic E-state index is 8.91. The second kappa shape index (κ2) is 7.82. The standard InChI is InChI=1S/C21H20N4OS/c22-20-19-18(16-4-2-1-3-5-16)12-25(21(19)24-14-23-20)17-8-6-15(7-9-17)13-27-11-10-26/h1-9,12,14,26H,10-11,13H2,(H2,22,23,24). The number of benzene rings is 2. The third-order valence-corrected chi connectivity index (χ3v) is 5.42. The first-order valence-corrected chi connectivity index (χ1v) is 9.88. The molecular formula is C21H20N4OS. The van der Waals surface area contributed by atoms with Gasteiger partial charge in [-0.05, 0) is 23.3 Å². The molecule has 0 aliphatic rings. The van der Waals surface area contributed by atoms with E-state index in [1.165, 1.54) is 11.9 Å². The van der Waals surface area contributed by atoms with Gasteiger partial charge in [0.2, 0.25) is 0 Å². The summed E-state index contributed by atoms with van der Waals surface area (Å²) in [6.45, 7) is 0.210. The van der Waals surface area contributed by atoms with Crippen molar-refractivity contribution in [2.24, 2.45) is 0 Å². The van der Waals surface area contributed by atoms with Crippen molar-refractivity contribution in [3.63, 3.8) is 0 Å². The van der Waals surface area contributed by atoms with Gasteiger partial charge in [0.15, 0.2) is 5.65 Å². The monoisotopic (exact) mass is 376 g/mol. The normalized spacial score (nSPS) is 11.1. The number of aromatic nitrogens is 3. The number of thioether (sulfide) groups is 1. The summed E-state index contributed by atoms with van der Waals surface area (Å²) in [6, 6.07) is 18.5. The van der Waals surface area contributed by atoms with Gasteiger partial charge in [0.1, 0.15) is 12.1 Å². The minimum Gasteiger partial charge on any atom is -0.396 e. The third kappa shape index (κ3) is 3.54. The molecule has 2 heterocycles. The van der Waals surface area contributed by atoms with E-state index in [1.54, 1.807) is 11.8 Å². The number of rotatable bonds is 6. The van der Waals surface area contributed by atoms with E-state index >= 15 is 0 Å². The number of aliphatic hydroxyl groups excluding tert-OH is 1. The van der Waals surface area contributed by atoms with Gasteiger partial charge in [0.25, 0.3) is 0 Å². The van der Waals surface area contributed by atoms with Crippen LogP contribution >= 0.6 is 11.8 Å². The van der Waals surface area contributed by atoms with Gasteiger partial charge >= 0.3 is 0 Å². The molecule has 0 spiro atoms. The van der Waals surface area contributed by atoms with Crippen LogP contribution in [0.1, 0.15) is 5.56 Å². The average Bonchev–Trinajstić information content (AvgIpc) is 3.10. The zero-order valence-electron chi connectivity index (χ0n) is 14.7. The molecule has 0 bridgehead atoms. The molecular weight excluding hydrogens is 356 g/mol. The predicted octanol–water partition coefficient (Wildman–Crippen LogP) is 3.90. The number of nitrogens with zero attached hydrogens (tertiary/aromatic N) is 3. The molecule has 2 aromatic carbocycles. The van der Waals surface area contributed by atoms with Crippen LogP contribution in [0, 0.1) is 0 Å². The number of aliphatic hydroxyl groups is 1. The Labute approximate surface area is 161 Å². The van der Waals surface area contributed by atoms with Gasteiger partial charge in [-0.15, -0.1) is 0 Å². The molecule has 0 saturated carbocycles. The van der Waals surface area contributed by atoms with Crippen LogP contribution in [0.3, 0.4) is 0 Å². The SMILES string of the molecule is Nc1ncnc2c1c(-c1ccccc1)cn2-c1ccc(CSCCO)cc1. The smallest absolute Gasteiger partial charge is 0.150 e. The molecule has 0 atom stereocenters. The molecule has 4 rings (SSSR count). The van der Waals surface area contributed by atoms with Crippen LogP contribution in [0.15, 0.2) is 67.1 Å². The van der Waals surface area contributed by atoms with E-state index in [-0.39, 0.29) is 6.61 Å². The highest BCUT2D eigenvalue weighted by molar-refractivity contribution is 7.98. The summed E-state index contributed by atoms with van der Waals surface area (Å²) in [6.07, 6.45) is 3.57. The number of hydrogen-bond donors (Lipinski definition) is 2. The molecule has 0 saturated heterocycles. The minimum absolute atomic E-state index is 0.210. The lowest BCUT2D eigenvalue weighted by Gasteiger charge is -2.06. The van der Waals surface area contributed by atoms with Crippen molar-refractivity contribution >= 4 is 28.6 Å². The molecule has 0 radical (unpaired) electrons. The molecule has 0 unspecified atom stereocenters. The van der Waals surface area contributed by atoms with E-state index in [4.69, 9.17) is 10.8 Å². The first kappa shape index (κ1) is 17.6. The number of anilines is 1. The van der Waals surface area contributed by atoms with E-state index in [2.05, 4.69) is 57.1 Å². The summed E-state index contributed by atoms with van der Waals surface area (Å²) >= 11 is 1.72. The highest BCUT2D eigenvalue weighted by Gasteiger charge is 2.15. The van der Waals surface area contributed by atoms with Crippen molar-refractivity contribution in [1.82, 2.24) is 14.5 Å². The van der Waals surface area contributed by atoms with Gasteiger partial charge in [0, 0.05) is 29.0 Å². The van der Waals surface area contributed by atoms with Crippen molar-refractivity contribution in [2.45, 2.75) is 5.75 Å². The fourth-order valence-corrected chi connectivity index (χ4v) is 3.83. The van der Waals surface area contributed by atoms with E-state index in [0.29, 0.717) is 5.82 Å². The molecule has 0 aliphatic heterocycles. The minimum atomic E-state index is 0.210. The van der Waals surface area contributed by atoms with E-state index in [1.807, 2.05) is 18.2 Å². The Morgan fingerprint density at radius 1 is 1.00 bits per heavy atom. The third-order valence-electron chi connectivity index (χ3n) is 4.42. The lowest BCUT2D eigenvalue weighted by atomic mass is 10.1. The number of nitrogen functional groups attached to an aromatic ring is 1. The van der Waals surface area contributed by atoms with Crippen LogP contribution in [0.5, 0.6) is 0 Å². The summed E-state index contributed by atoms with van der Waals surface area (Å²) < 4.78 is 2.06. The van der Waals surface area contributed by atoms with Gasteiger partial charge in [-0.2, -0.15) is 11.8 Å². The molecule has 6 heteroatoms. The zero-order chi connectivity index (χ0) is 18.6. The molecule has 4 aromatic rings. The first-order chi connectivity index (χ1) is 13.3. The average molecular weight is 376 g/mol. The van der Waals surface area contributed by atoms with E-state index < -0.39 is 0 Å². The second-order valence-corrected chi connectivity index (χ2v) is 7.28. The maximum Gasteiger partial charge on any atom is 0.150 e. The molecule has 27 heavy (non-hydrogen) atoms. The van der Waals surface area contributed by atoms with Gasteiger partial charge in [-0.1, -0.05) is 42.5 Å². The van der Waals surface area contributed by atoms with Crippen molar-refractivity contribution < 1.29 is 5.11 Å².